The number of carboxylic acid groups (broad SMARTS) is 1. The molecule has 0 radical (unpaired) electrons. The van der Waals surface area contributed by atoms with Crippen LogP contribution in [0, 0.1) is 5.92 Å². The van der Waals surface area contributed by atoms with E-state index in [-0.39, 0.29) is 31.5 Å². The second-order valence-electron chi connectivity index (χ2n) is 18.6. The Hall–Kier alpha value is -1.53. The smallest absolute Gasteiger partial charge is 0.333 e. The maximum Gasteiger partial charge on any atom is 0.333 e. The Balaban J connectivity index is 0.000000299. The summed E-state index contributed by atoms with van der Waals surface area (Å²) in [6.07, 6.45) is -26.4. The fourth-order valence-corrected chi connectivity index (χ4v) is 8.93. The summed E-state index contributed by atoms with van der Waals surface area (Å²) in [6.45, 7) is 11.1. The van der Waals surface area contributed by atoms with Crippen LogP contribution in [0.3, 0.4) is 0 Å². The van der Waals surface area contributed by atoms with Gasteiger partial charge in [0.05, 0.1) is 62.5 Å². The van der Waals surface area contributed by atoms with E-state index in [9.17, 15) is 71.2 Å². The molecule has 6 saturated heterocycles. The van der Waals surface area contributed by atoms with Crippen LogP contribution in [0.4, 0.5) is 0 Å². The van der Waals surface area contributed by atoms with Crippen molar-refractivity contribution in [2.24, 2.45) is 5.92 Å². The topological polar surface area (TPSA) is 411 Å². The molecule has 0 spiro atoms. The molecule has 12 unspecified atom stereocenters. The van der Waals surface area contributed by atoms with Crippen molar-refractivity contribution in [1.29, 1.82) is 0 Å². The molecule has 420 valence electrons. The number of methoxy groups -OCH3 is 4. The van der Waals surface area contributed by atoms with E-state index in [4.69, 9.17) is 61.9 Å². The predicted octanol–water partition coefficient (Wildman–Crippen LogP) is -6.28. The summed E-state index contributed by atoms with van der Waals surface area (Å²) >= 11 is 0. The molecule has 6 fully saturated rings. The van der Waals surface area contributed by atoms with Crippen LogP contribution in [0.5, 0.6) is 0 Å². The van der Waals surface area contributed by atoms with Crippen molar-refractivity contribution in [3.05, 3.63) is 0 Å². The summed E-state index contributed by atoms with van der Waals surface area (Å²) in [6, 6.07) is 0. The van der Waals surface area contributed by atoms with Gasteiger partial charge in [0, 0.05) is 34.4 Å². The fourth-order valence-electron chi connectivity index (χ4n) is 8.93. The van der Waals surface area contributed by atoms with Crippen molar-refractivity contribution in [3.8, 4) is 0 Å². The van der Waals surface area contributed by atoms with Crippen LogP contribution in [-0.2, 0) is 61.6 Å². The third kappa shape index (κ3) is 15.8. The van der Waals surface area contributed by atoms with Crippen LogP contribution >= 0.6 is 0 Å². The van der Waals surface area contributed by atoms with Gasteiger partial charge in [0.15, 0.2) is 18.7 Å². The van der Waals surface area contributed by atoms with Gasteiger partial charge >= 0.3 is 5.97 Å². The number of hydrogen-bond acceptors (Lipinski definition) is 26. The molecule has 6 aliphatic heterocycles. The highest BCUT2D eigenvalue weighted by molar-refractivity contribution is 5.73. The molecule has 6 aliphatic rings. The molecule has 6 rings (SSSR count). The Morgan fingerprint density at radius 2 is 0.930 bits per heavy atom. The number of hydrogen-bond donors (Lipinski definition) is 14. The van der Waals surface area contributed by atoms with Gasteiger partial charge in [-0.1, -0.05) is 6.92 Å². The second-order valence-corrected chi connectivity index (χ2v) is 18.6. The first kappa shape index (κ1) is 63.8. The first-order chi connectivity index (χ1) is 33.2. The number of carbonyl (C=O) groups is 1. The molecule has 0 bridgehead atoms. The van der Waals surface area contributed by atoms with Gasteiger partial charge in [-0.2, -0.15) is 0 Å². The monoisotopic (exact) mass is 1040 g/mol. The molecule has 29 atom stereocenters. The number of carboxylic acids is 1. The van der Waals surface area contributed by atoms with E-state index in [2.05, 4.69) is 0 Å². The van der Waals surface area contributed by atoms with Crippen molar-refractivity contribution in [3.63, 3.8) is 0 Å². The first-order valence-corrected chi connectivity index (χ1v) is 23.5. The summed E-state index contributed by atoms with van der Waals surface area (Å²) in [5.74, 6) is -2.27. The summed E-state index contributed by atoms with van der Waals surface area (Å²) in [7, 11) is 5.72. The average Bonchev–Trinajstić information content (AvgIpc) is 3.33. The predicted molar refractivity (Wildman–Crippen MR) is 237 cm³/mol. The molecular weight excluding hydrogens is 960 g/mol. The largest absolute Gasteiger partial charge is 0.479 e. The number of aliphatic hydroxyl groups excluding tert-OH is 13. The van der Waals surface area contributed by atoms with Crippen LogP contribution in [0.25, 0.3) is 0 Å². The Labute approximate surface area is 412 Å². The Morgan fingerprint density at radius 3 is 1.42 bits per heavy atom. The zero-order valence-corrected chi connectivity index (χ0v) is 41.9. The molecular formula is C44H82O27. The highest BCUT2D eigenvalue weighted by Gasteiger charge is 2.51. The van der Waals surface area contributed by atoms with Gasteiger partial charge in [-0.15, -0.1) is 0 Å². The Morgan fingerprint density at radius 1 is 0.451 bits per heavy atom. The number of rotatable bonds is 11. The number of aliphatic carboxylic acids is 1. The maximum absolute atomic E-state index is 11.4. The molecule has 0 aromatic carbocycles. The van der Waals surface area contributed by atoms with E-state index in [1.807, 2.05) is 0 Å². The zero-order valence-electron chi connectivity index (χ0n) is 41.9. The van der Waals surface area contributed by atoms with Crippen LogP contribution in [0.2, 0.25) is 0 Å². The summed E-state index contributed by atoms with van der Waals surface area (Å²) < 4.78 is 63.4. The minimum absolute atomic E-state index is 0.230. The SMILES string of the molecule is COC1C(O)[C@@H](C)OC(C)[C@@H]1O.CO[C@@H]1C(CO)O[C@H](C)[C@@H](O)C1O.CO[C@@H]1C(O)[C@@H](C)OC[C@@H]1O.CO[C@@H]1C(O[C@H]2OC(CO[C@H]3OC(C(=O)O)[C@@H](C)[C@H](O)C3O)[C@@H](O)[C@H](O)C2O)[C@@H](C)OC(C)[C@@H]1O. The molecule has 0 aromatic rings. The van der Waals surface area contributed by atoms with Crippen LogP contribution in [0.1, 0.15) is 48.5 Å². The summed E-state index contributed by atoms with van der Waals surface area (Å²) in [4.78, 5) is 11.4. The second kappa shape index (κ2) is 29.1. The third-order valence-electron chi connectivity index (χ3n) is 13.6. The lowest BCUT2D eigenvalue weighted by molar-refractivity contribution is -0.349. The third-order valence-corrected chi connectivity index (χ3v) is 13.6. The molecule has 0 amide bonds. The quantitative estimate of drug-likeness (QED) is 0.0915. The van der Waals surface area contributed by atoms with Crippen LogP contribution in [0.15, 0.2) is 0 Å². The normalized spacial score (nSPS) is 49.2. The van der Waals surface area contributed by atoms with E-state index in [1.54, 1.807) is 41.5 Å². The van der Waals surface area contributed by atoms with E-state index in [0.29, 0.717) is 0 Å². The Bertz CT molecular complexity index is 1510. The zero-order chi connectivity index (χ0) is 53.9. The van der Waals surface area contributed by atoms with Gasteiger partial charge in [0.25, 0.3) is 0 Å². The van der Waals surface area contributed by atoms with Crippen LogP contribution < -0.4 is 0 Å². The maximum atomic E-state index is 11.4. The molecule has 0 aliphatic carbocycles. The lowest BCUT2D eigenvalue weighted by Crippen LogP contribution is -2.64. The fraction of sp³-hybridized carbons (Fsp3) is 0.977. The number of ether oxygens (including phenoxy) is 12. The Kier molecular flexibility index (Phi) is 26.1. The van der Waals surface area contributed by atoms with Crippen LogP contribution in [-0.4, -0.2) is 297 Å². The first-order valence-electron chi connectivity index (χ1n) is 23.5. The van der Waals surface area contributed by atoms with Crippen molar-refractivity contribution in [1.82, 2.24) is 0 Å². The van der Waals surface area contributed by atoms with E-state index >= 15 is 0 Å². The molecule has 14 N–H and O–H groups in total. The van der Waals surface area contributed by atoms with Gasteiger partial charge in [-0.25, -0.2) is 4.79 Å². The molecule has 0 saturated carbocycles. The minimum Gasteiger partial charge on any atom is -0.479 e. The highest BCUT2D eigenvalue weighted by atomic mass is 16.7. The van der Waals surface area contributed by atoms with Crippen molar-refractivity contribution < 1.29 is 133 Å². The minimum atomic E-state index is -1.72. The van der Waals surface area contributed by atoms with Gasteiger partial charge in [0.1, 0.15) is 110 Å². The lowest BCUT2D eigenvalue weighted by atomic mass is 9.91. The lowest BCUT2D eigenvalue weighted by Gasteiger charge is -2.46. The molecule has 71 heavy (non-hydrogen) atoms. The van der Waals surface area contributed by atoms with Gasteiger partial charge in [-0.3, -0.25) is 0 Å². The highest BCUT2D eigenvalue weighted by Crippen LogP contribution is 2.32. The van der Waals surface area contributed by atoms with Gasteiger partial charge in [0.2, 0.25) is 0 Å². The average molecular weight is 1040 g/mol. The van der Waals surface area contributed by atoms with E-state index < -0.39 is 171 Å². The summed E-state index contributed by atoms with van der Waals surface area (Å²) in [5.41, 5.74) is 0. The summed E-state index contributed by atoms with van der Waals surface area (Å²) in [5, 5.41) is 137. The molecule has 27 nitrogen and oxygen atoms in total. The molecule has 6 heterocycles. The van der Waals surface area contributed by atoms with Gasteiger partial charge in [-0.05, 0) is 41.5 Å². The molecule has 27 heteroatoms. The van der Waals surface area contributed by atoms with Crippen molar-refractivity contribution in [2.45, 2.75) is 220 Å². The standard InChI is InChI=1S/C21H36O14.C8H16O5.C8H16O4.C7H14O4/c1-6-10(22)14(26)20(34-16(6)19(28)29)31-5-9-12(24)13(25)15(27)21(33-9)35-17-8(3)32-7(2)11(23)18(17)30-4;1-4-6(10)7(11)8(12-2)5(3-9)13-4;1-4-6(9)8(11-3)7(10)5(2)12-4;1-4-6(9)7(10-2)5(8)3-11-4/h6-18,20-27H,5H2,1-4H3,(H,28,29);4-11H,3H2,1-2H3;4-10H,1-3H3;4-9H,3H2,1-2H3/t6-,7?,8+,9?,10-,11-,12+,13-,14?,15?,16?,17?,18-,20-,21+;4-,5?,6-,7?,8-;4-,5?,6?,7+,8?;4-,5+,6?,7+/m0111/s1. The number of aliphatic hydroxyl groups is 13. The van der Waals surface area contributed by atoms with E-state index in [0.717, 1.165) is 0 Å². The van der Waals surface area contributed by atoms with Crippen molar-refractivity contribution in [2.75, 3.05) is 48.3 Å². The molecule has 0 aromatic heterocycles. The van der Waals surface area contributed by atoms with Crippen molar-refractivity contribution >= 4 is 5.97 Å². The van der Waals surface area contributed by atoms with Gasteiger partial charge < -0.3 is 128 Å². The van der Waals surface area contributed by atoms with E-state index in [1.165, 1.54) is 35.4 Å².